The Morgan fingerprint density at radius 2 is 1.75 bits per heavy atom. The second-order valence-corrected chi connectivity index (χ2v) is 8.04. The zero-order valence-corrected chi connectivity index (χ0v) is 17.9. The predicted molar refractivity (Wildman–Crippen MR) is 129 cm³/mol. The molecule has 3 aromatic carbocycles. The number of aryl methyl sites for hydroxylation is 1. The Morgan fingerprint density at radius 1 is 0.969 bits per heavy atom. The largest absolute Gasteiger partial charge is 0.338 e. The number of hydrogen-bond donors (Lipinski definition) is 2. The minimum atomic E-state index is -0.450. The molecule has 0 atom stereocenters. The summed E-state index contributed by atoms with van der Waals surface area (Å²) in [4.78, 5) is 36.7. The molecule has 0 bridgehead atoms. The molecule has 2 N–H and O–H groups in total. The van der Waals surface area contributed by atoms with E-state index < -0.39 is 11.3 Å². The van der Waals surface area contributed by atoms with Crippen molar-refractivity contribution in [2.45, 2.75) is 6.92 Å². The van der Waals surface area contributed by atoms with Gasteiger partial charge in [0.25, 0.3) is 5.56 Å². The van der Waals surface area contributed by atoms with Gasteiger partial charge in [-0.2, -0.15) is 0 Å². The summed E-state index contributed by atoms with van der Waals surface area (Å²) < 4.78 is 0. The molecule has 0 fully saturated rings. The molecule has 2 aromatic heterocycles. The molecular weight excluding hydrogens is 422 g/mol. The summed E-state index contributed by atoms with van der Waals surface area (Å²) in [5.41, 5.74) is 4.35. The molecule has 0 saturated heterocycles. The number of halogens is 1. The normalized spacial score (nSPS) is 11.6. The van der Waals surface area contributed by atoms with Crippen molar-refractivity contribution >= 4 is 45.4 Å². The first-order valence-electron chi connectivity index (χ1n) is 10.1. The summed E-state index contributed by atoms with van der Waals surface area (Å²) in [5, 5.41) is 1.23. The number of allylic oxidation sites excluding steroid dienone is 1. The van der Waals surface area contributed by atoms with Crippen LogP contribution in [-0.2, 0) is 0 Å². The van der Waals surface area contributed by atoms with Gasteiger partial charge in [-0.3, -0.25) is 9.59 Å². The summed E-state index contributed by atoms with van der Waals surface area (Å²) in [6, 6.07) is 20.5. The number of imidazole rings is 1. The minimum Gasteiger partial charge on any atom is -0.338 e. The number of nitrogens with zero attached hydrogens (tertiary/aromatic N) is 1. The standard InChI is InChI=1S/C26H18ClN3O2/c1-15-7-9-20-21(13-15)29-23(28-20)12-11-22(31)25-24(16-5-3-2-4-6-16)18-14-17(27)8-10-19(18)30-26(25)32/h2-14H,1H3,(H,28,29)(H,30,32). The molecule has 0 aliphatic rings. The molecule has 0 amide bonds. The third kappa shape index (κ3) is 3.63. The summed E-state index contributed by atoms with van der Waals surface area (Å²) in [6.45, 7) is 2.00. The summed E-state index contributed by atoms with van der Waals surface area (Å²) in [6.07, 6.45) is 2.96. The van der Waals surface area contributed by atoms with Crippen molar-refractivity contribution in [3.05, 3.63) is 105 Å². The maximum Gasteiger partial charge on any atom is 0.260 e. The van der Waals surface area contributed by atoms with E-state index in [1.54, 1.807) is 24.3 Å². The SMILES string of the molecule is Cc1ccc2[nH]c(C=CC(=O)c3c(-c4ccccc4)c4cc(Cl)ccc4[nH]c3=O)nc2c1. The second-order valence-electron chi connectivity index (χ2n) is 7.60. The van der Waals surface area contributed by atoms with Crippen molar-refractivity contribution < 1.29 is 4.79 Å². The third-order valence-electron chi connectivity index (χ3n) is 5.33. The molecule has 5 aromatic rings. The van der Waals surface area contributed by atoms with Crippen LogP contribution in [0.5, 0.6) is 0 Å². The number of carbonyl (C=O) groups excluding carboxylic acids is 1. The molecule has 0 unspecified atom stereocenters. The van der Waals surface area contributed by atoms with E-state index in [4.69, 9.17) is 11.6 Å². The lowest BCUT2D eigenvalue weighted by molar-refractivity contribution is 0.104. The average molecular weight is 440 g/mol. The van der Waals surface area contributed by atoms with Crippen LogP contribution in [0.3, 0.4) is 0 Å². The van der Waals surface area contributed by atoms with Crippen molar-refractivity contribution in [2.24, 2.45) is 0 Å². The lowest BCUT2D eigenvalue weighted by Crippen LogP contribution is -2.18. The van der Waals surface area contributed by atoms with Gasteiger partial charge in [-0.15, -0.1) is 0 Å². The summed E-state index contributed by atoms with van der Waals surface area (Å²) >= 11 is 6.24. The van der Waals surface area contributed by atoms with E-state index in [0.29, 0.717) is 27.3 Å². The number of hydrogen-bond acceptors (Lipinski definition) is 3. The number of ketones is 1. The third-order valence-corrected chi connectivity index (χ3v) is 5.57. The molecule has 156 valence electrons. The topological polar surface area (TPSA) is 78.6 Å². The molecule has 6 heteroatoms. The molecular formula is C26H18ClN3O2. The van der Waals surface area contributed by atoms with Gasteiger partial charge in [0.15, 0.2) is 5.78 Å². The molecule has 0 aliphatic heterocycles. The predicted octanol–water partition coefficient (Wildman–Crippen LogP) is 5.93. The quantitative estimate of drug-likeness (QED) is 0.269. The molecule has 5 nitrogen and oxygen atoms in total. The lowest BCUT2D eigenvalue weighted by Gasteiger charge is -2.11. The van der Waals surface area contributed by atoms with Crippen molar-refractivity contribution in [3.63, 3.8) is 0 Å². The highest BCUT2D eigenvalue weighted by atomic mass is 35.5. The zero-order chi connectivity index (χ0) is 22.2. The molecule has 0 radical (unpaired) electrons. The van der Waals surface area contributed by atoms with Crippen LogP contribution in [0.4, 0.5) is 0 Å². The Bertz CT molecular complexity index is 1580. The number of aromatic nitrogens is 3. The van der Waals surface area contributed by atoms with E-state index in [2.05, 4.69) is 15.0 Å². The average Bonchev–Trinajstić information content (AvgIpc) is 3.19. The molecule has 0 spiro atoms. The number of carbonyl (C=O) groups is 1. The maximum absolute atomic E-state index is 13.2. The fourth-order valence-corrected chi connectivity index (χ4v) is 4.03. The maximum atomic E-state index is 13.2. The first-order chi connectivity index (χ1) is 15.5. The Kier molecular flexibility index (Phi) is 4.96. The highest BCUT2D eigenvalue weighted by Crippen LogP contribution is 2.31. The number of rotatable bonds is 4. The van der Waals surface area contributed by atoms with Crippen LogP contribution in [0.1, 0.15) is 21.7 Å². The van der Waals surface area contributed by atoms with E-state index in [1.165, 1.54) is 6.08 Å². The van der Waals surface area contributed by atoms with Gasteiger partial charge >= 0.3 is 0 Å². The van der Waals surface area contributed by atoms with Gasteiger partial charge in [0.1, 0.15) is 5.82 Å². The Hall–Kier alpha value is -3.96. The smallest absolute Gasteiger partial charge is 0.260 e. The van der Waals surface area contributed by atoms with Crippen LogP contribution < -0.4 is 5.56 Å². The highest BCUT2D eigenvalue weighted by Gasteiger charge is 2.19. The molecule has 0 saturated carbocycles. The Labute approximate surface area is 188 Å². The molecule has 0 aliphatic carbocycles. The highest BCUT2D eigenvalue weighted by molar-refractivity contribution is 6.31. The molecule has 5 rings (SSSR count). The van der Waals surface area contributed by atoms with Gasteiger partial charge in [-0.05, 0) is 60.5 Å². The van der Waals surface area contributed by atoms with E-state index in [0.717, 1.165) is 22.2 Å². The fourth-order valence-electron chi connectivity index (χ4n) is 3.86. The number of fused-ring (bicyclic) bond motifs is 2. The number of nitrogens with one attached hydrogen (secondary N) is 2. The number of benzene rings is 3. The van der Waals surface area contributed by atoms with Crippen LogP contribution in [0.2, 0.25) is 5.02 Å². The van der Waals surface area contributed by atoms with E-state index in [1.807, 2.05) is 55.5 Å². The van der Waals surface area contributed by atoms with Crippen molar-refractivity contribution in [3.8, 4) is 11.1 Å². The molecule has 32 heavy (non-hydrogen) atoms. The minimum absolute atomic E-state index is 0.0640. The van der Waals surface area contributed by atoms with Crippen LogP contribution in [-0.4, -0.2) is 20.7 Å². The van der Waals surface area contributed by atoms with Gasteiger partial charge in [0.2, 0.25) is 0 Å². The van der Waals surface area contributed by atoms with E-state index in [9.17, 15) is 9.59 Å². The van der Waals surface area contributed by atoms with Crippen molar-refractivity contribution in [2.75, 3.05) is 0 Å². The van der Waals surface area contributed by atoms with Crippen molar-refractivity contribution in [1.29, 1.82) is 0 Å². The van der Waals surface area contributed by atoms with Gasteiger partial charge in [-0.25, -0.2) is 4.98 Å². The van der Waals surface area contributed by atoms with Gasteiger partial charge < -0.3 is 9.97 Å². The zero-order valence-electron chi connectivity index (χ0n) is 17.1. The van der Waals surface area contributed by atoms with Gasteiger partial charge in [0, 0.05) is 21.5 Å². The number of H-pyrrole nitrogens is 2. The Morgan fingerprint density at radius 3 is 2.56 bits per heavy atom. The van der Waals surface area contributed by atoms with Crippen LogP contribution >= 0.6 is 11.6 Å². The monoisotopic (exact) mass is 439 g/mol. The number of pyridine rings is 1. The number of aromatic amines is 2. The summed E-state index contributed by atoms with van der Waals surface area (Å²) in [5.74, 6) is 0.129. The van der Waals surface area contributed by atoms with Crippen molar-refractivity contribution in [1.82, 2.24) is 15.0 Å². The first kappa shape index (κ1) is 20.0. The van der Waals surface area contributed by atoms with Crippen LogP contribution in [0.15, 0.2) is 77.6 Å². The van der Waals surface area contributed by atoms with Crippen LogP contribution in [0, 0.1) is 6.92 Å². The van der Waals surface area contributed by atoms with Gasteiger partial charge in [0.05, 0.1) is 16.6 Å². The second kappa shape index (κ2) is 7.94. The van der Waals surface area contributed by atoms with Crippen LogP contribution in [0.25, 0.3) is 39.1 Å². The van der Waals surface area contributed by atoms with Gasteiger partial charge in [-0.1, -0.05) is 48.0 Å². The van der Waals surface area contributed by atoms with E-state index >= 15 is 0 Å². The lowest BCUT2D eigenvalue weighted by atomic mass is 9.94. The molecule has 2 heterocycles. The van der Waals surface area contributed by atoms with E-state index in [-0.39, 0.29) is 5.56 Å². The summed E-state index contributed by atoms with van der Waals surface area (Å²) in [7, 11) is 0. The Balaban J connectivity index is 1.65. The fraction of sp³-hybridized carbons (Fsp3) is 0.0385. The first-order valence-corrected chi connectivity index (χ1v) is 10.5.